The van der Waals surface area contributed by atoms with E-state index in [1.807, 2.05) is 13.8 Å². The Morgan fingerprint density at radius 2 is 1.69 bits per heavy atom. The van der Waals surface area contributed by atoms with Crippen LogP contribution in [0.25, 0.3) is 0 Å². The lowest BCUT2D eigenvalue weighted by molar-refractivity contribution is -0.118. The second-order valence-electron chi connectivity index (χ2n) is 6.21. The van der Waals surface area contributed by atoms with Gasteiger partial charge >= 0.3 is 0 Å². The summed E-state index contributed by atoms with van der Waals surface area (Å²) in [5.74, 6) is -0.308. The maximum atomic E-state index is 12.5. The molecule has 26 heavy (non-hydrogen) atoms. The number of benzene rings is 2. The first-order chi connectivity index (χ1) is 11.7. The number of anilines is 2. The summed E-state index contributed by atoms with van der Waals surface area (Å²) in [5.41, 5.74) is 7.46. The molecule has 0 spiro atoms. The van der Waals surface area contributed by atoms with E-state index in [0.717, 1.165) is 5.56 Å². The zero-order valence-electron chi connectivity index (χ0n) is 14.9. The molecule has 0 aliphatic heterocycles. The number of halogens is 1. The summed E-state index contributed by atoms with van der Waals surface area (Å²) in [6, 6.07) is 12.5. The first-order valence-electron chi connectivity index (χ1n) is 7.95. The largest absolute Gasteiger partial charge is 0.325 e. The number of sulfonamides is 1. The molecule has 6 nitrogen and oxygen atoms in total. The van der Waals surface area contributed by atoms with Gasteiger partial charge in [-0.3, -0.25) is 9.52 Å². The highest BCUT2D eigenvalue weighted by Crippen LogP contribution is 2.23. The molecule has 1 amide bonds. The molecule has 4 N–H and O–H groups in total. The Morgan fingerprint density at radius 1 is 1.08 bits per heavy atom. The molecule has 0 aliphatic carbocycles. The van der Waals surface area contributed by atoms with Crippen LogP contribution in [0.2, 0.25) is 0 Å². The van der Waals surface area contributed by atoms with Crippen molar-refractivity contribution in [3.8, 4) is 0 Å². The van der Waals surface area contributed by atoms with Gasteiger partial charge in [-0.15, -0.1) is 12.4 Å². The Kier molecular flexibility index (Phi) is 7.62. The van der Waals surface area contributed by atoms with E-state index in [0.29, 0.717) is 11.4 Å². The van der Waals surface area contributed by atoms with Crippen molar-refractivity contribution in [1.29, 1.82) is 0 Å². The van der Waals surface area contributed by atoms with Crippen LogP contribution in [-0.2, 0) is 14.8 Å². The van der Waals surface area contributed by atoms with Crippen molar-refractivity contribution in [3.63, 3.8) is 0 Å². The van der Waals surface area contributed by atoms with Gasteiger partial charge in [0.15, 0.2) is 0 Å². The van der Waals surface area contributed by atoms with E-state index in [2.05, 4.69) is 10.0 Å². The van der Waals surface area contributed by atoms with Crippen molar-refractivity contribution in [1.82, 2.24) is 0 Å². The fraction of sp³-hybridized carbons (Fsp3) is 0.278. The fourth-order valence-electron chi connectivity index (χ4n) is 2.14. The molecule has 1 atom stereocenters. The van der Waals surface area contributed by atoms with Gasteiger partial charge < -0.3 is 11.1 Å². The number of aryl methyl sites for hydroxylation is 1. The molecule has 0 bridgehead atoms. The van der Waals surface area contributed by atoms with Crippen LogP contribution in [0.1, 0.15) is 19.4 Å². The van der Waals surface area contributed by atoms with E-state index in [4.69, 9.17) is 5.73 Å². The normalized spacial score (nSPS) is 12.2. The number of hydrogen-bond acceptors (Lipinski definition) is 4. The Labute approximate surface area is 160 Å². The molecular weight excluding hydrogens is 374 g/mol. The van der Waals surface area contributed by atoms with Gasteiger partial charge in [0.25, 0.3) is 10.0 Å². The maximum Gasteiger partial charge on any atom is 0.261 e. The van der Waals surface area contributed by atoms with Crippen LogP contribution >= 0.6 is 12.4 Å². The molecular formula is C18H24ClN3O3S. The highest BCUT2D eigenvalue weighted by atomic mass is 35.5. The van der Waals surface area contributed by atoms with Crippen molar-refractivity contribution < 1.29 is 13.2 Å². The van der Waals surface area contributed by atoms with Gasteiger partial charge in [0.05, 0.1) is 16.6 Å². The summed E-state index contributed by atoms with van der Waals surface area (Å²) in [7, 11) is -3.70. The van der Waals surface area contributed by atoms with Crippen molar-refractivity contribution in [2.75, 3.05) is 10.0 Å². The molecule has 2 aromatic rings. The Hall–Kier alpha value is -2.09. The molecule has 0 aliphatic rings. The molecule has 2 rings (SSSR count). The second-order valence-corrected chi connectivity index (χ2v) is 7.89. The molecule has 2 aromatic carbocycles. The third-order valence-electron chi connectivity index (χ3n) is 3.82. The maximum absolute atomic E-state index is 12.5. The van der Waals surface area contributed by atoms with E-state index in [1.54, 1.807) is 43.3 Å². The minimum Gasteiger partial charge on any atom is -0.325 e. The number of nitrogens with one attached hydrogen (secondary N) is 2. The van der Waals surface area contributed by atoms with Gasteiger partial charge in [0, 0.05) is 5.69 Å². The lowest BCUT2D eigenvalue weighted by atomic mass is 10.0. The summed E-state index contributed by atoms with van der Waals surface area (Å²) in [5, 5.41) is 2.72. The zero-order chi connectivity index (χ0) is 18.6. The lowest BCUT2D eigenvalue weighted by Gasteiger charge is -2.17. The van der Waals surface area contributed by atoms with Crippen LogP contribution in [0, 0.1) is 12.8 Å². The molecule has 0 saturated carbocycles. The summed E-state index contributed by atoms with van der Waals surface area (Å²) < 4.78 is 27.5. The van der Waals surface area contributed by atoms with Crippen LogP contribution in [0.15, 0.2) is 53.4 Å². The lowest BCUT2D eigenvalue weighted by Crippen LogP contribution is -2.39. The van der Waals surface area contributed by atoms with Crippen molar-refractivity contribution in [2.24, 2.45) is 11.7 Å². The molecule has 0 saturated heterocycles. The molecule has 8 heteroatoms. The molecule has 0 fully saturated rings. The van der Waals surface area contributed by atoms with Gasteiger partial charge in [-0.1, -0.05) is 38.1 Å². The molecule has 142 valence electrons. The molecule has 1 unspecified atom stereocenters. The average Bonchev–Trinajstić information content (AvgIpc) is 2.57. The Balaban J connectivity index is 0.00000338. The van der Waals surface area contributed by atoms with Crippen LogP contribution in [0.4, 0.5) is 11.4 Å². The first-order valence-corrected chi connectivity index (χ1v) is 9.44. The van der Waals surface area contributed by atoms with E-state index in [9.17, 15) is 13.2 Å². The summed E-state index contributed by atoms with van der Waals surface area (Å²) in [6.45, 7) is 5.51. The van der Waals surface area contributed by atoms with E-state index in [-0.39, 0.29) is 29.1 Å². The number of carbonyl (C=O) groups excluding carboxylic acids is 1. The minimum absolute atomic E-state index is 0. The van der Waals surface area contributed by atoms with Crippen LogP contribution in [-0.4, -0.2) is 20.4 Å². The number of rotatable bonds is 6. The quantitative estimate of drug-likeness (QED) is 0.696. The van der Waals surface area contributed by atoms with E-state index >= 15 is 0 Å². The van der Waals surface area contributed by atoms with Gasteiger partial charge in [-0.05, 0) is 42.7 Å². The minimum atomic E-state index is -3.70. The van der Waals surface area contributed by atoms with Gasteiger partial charge in [-0.2, -0.15) is 0 Å². The van der Waals surface area contributed by atoms with Crippen molar-refractivity contribution in [2.45, 2.75) is 31.7 Å². The number of hydrogen-bond donors (Lipinski definition) is 3. The predicted molar refractivity (Wildman–Crippen MR) is 107 cm³/mol. The third-order valence-corrected chi connectivity index (χ3v) is 5.21. The van der Waals surface area contributed by atoms with Crippen LogP contribution in [0.3, 0.4) is 0 Å². The highest BCUT2D eigenvalue weighted by molar-refractivity contribution is 7.92. The fourth-order valence-corrected chi connectivity index (χ4v) is 3.28. The monoisotopic (exact) mass is 397 g/mol. The van der Waals surface area contributed by atoms with Gasteiger partial charge in [0.2, 0.25) is 5.91 Å². The average molecular weight is 398 g/mol. The van der Waals surface area contributed by atoms with E-state index in [1.165, 1.54) is 12.1 Å². The number of nitrogens with two attached hydrogens (primary N) is 1. The molecule has 0 radical (unpaired) electrons. The predicted octanol–water partition coefficient (Wildman–Crippen LogP) is 3.14. The van der Waals surface area contributed by atoms with Crippen LogP contribution < -0.4 is 15.8 Å². The first kappa shape index (κ1) is 22.0. The van der Waals surface area contributed by atoms with Crippen molar-refractivity contribution >= 4 is 39.7 Å². The summed E-state index contributed by atoms with van der Waals surface area (Å²) >= 11 is 0. The van der Waals surface area contributed by atoms with Crippen molar-refractivity contribution in [3.05, 3.63) is 54.1 Å². The topological polar surface area (TPSA) is 101 Å². The third kappa shape index (κ3) is 5.45. The molecule has 0 heterocycles. The Bertz CT molecular complexity index is 855. The second kappa shape index (κ2) is 9.02. The summed E-state index contributed by atoms with van der Waals surface area (Å²) in [6.07, 6.45) is 0. The Morgan fingerprint density at radius 3 is 2.27 bits per heavy atom. The SMILES string of the molecule is Cc1ccc(NC(=O)C(N)C(C)C)cc1NS(=O)(=O)c1ccccc1.Cl. The van der Waals surface area contributed by atoms with Crippen LogP contribution in [0.5, 0.6) is 0 Å². The number of amides is 1. The smallest absolute Gasteiger partial charge is 0.261 e. The standard InChI is InChI=1S/C18H23N3O3S.ClH/c1-12(2)17(19)18(22)20-14-10-9-13(3)16(11-14)21-25(23,24)15-7-5-4-6-8-15;/h4-12,17,21H,19H2,1-3H3,(H,20,22);1H. The number of carbonyl (C=O) groups is 1. The van der Waals surface area contributed by atoms with Gasteiger partial charge in [0.1, 0.15) is 0 Å². The van der Waals surface area contributed by atoms with E-state index < -0.39 is 16.1 Å². The zero-order valence-corrected chi connectivity index (χ0v) is 16.5. The molecule has 0 aromatic heterocycles. The highest BCUT2D eigenvalue weighted by Gasteiger charge is 2.18. The summed E-state index contributed by atoms with van der Waals surface area (Å²) in [4.78, 5) is 12.3. The van der Waals surface area contributed by atoms with Gasteiger partial charge in [-0.25, -0.2) is 8.42 Å².